The van der Waals surface area contributed by atoms with E-state index in [-0.39, 0.29) is 11.4 Å². The zero-order valence-corrected chi connectivity index (χ0v) is 11.8. The molecule has 0 heterocycles. The summed E-state index contributed by atoms with van der Waals surface area (Å²) in [5.74, 6) is 0. The Bertz CT molecular complexity index is 674. The van der Waals surface area contributed by atoms with Crippen LogP contribution in [0.2, 0.25) is 0 Å². The van der Waals surface area contributed by atoms with E-state index in [0.717, 1.165) is 0 Å². The molecule has 2 rings (SSSR count). The molecule has 2 N–H and O–H groups in total. The highest BCUT2D eigenvalue weighted by Crippen LogP contribution is 2.29. The van der Waals surface area contributed by atoms with Crippen LogP contribution in [-0.4, -0.2) is 12.6 Å². The molecule has 0 spiro atoms. The van der Waals surface area contributed by atoms with Crippen molar-refractivity contribution in [3.8, 4) is 11.1 Å². The Hall–Kier alpha value is -2.38. The number of alkyl halides is 6. The molecule has 0 aliphatic rings. The molecule has 0 radical (unpaired) electrons. The summed E-state index contributed by atoms with van der Waals surface area (Å²) in [6.07, 6.45) is -9.05. The van der Waals surface area contributed by atoms with Crippen molar-refractivity contribution in [2.45, 2.75) is 19.5 Å². The Kier molecular flexibility index (Phi) is 4.44. The largest absolute Gasteiger partial charge is 0.482 e. The summed E-state index contributed by atoms with van der Waals surface area (Å²) in [7, 11) is 0. The molecule has 8 heteroatoms. The number of aryl methyl sites for hydroxylation is 1. The molecule has 0 bridgehead atoms. The molecule has 0 fully saturated rings. The van der Waals surface area contributed by atoms with Gasteiger partial charge < -0.3 is 0 Å². The van der Waals surface area contributed by atoms with Crippen molar-refractivity contribution >= 4 is 11.4 Å². The molecular formula is C15H12F6N2. The van der Waals surface area contributed by atoms with Gasteiger partial charge >= 0.3 is 12.6 Å². The van der Waals surface area contributed by atoms with Crippen LogP contribution in [0.5, 0.6) is 0 Å². The lowest BCUT2D eigenvalue weighted by molar-refractivity contribution is -0.101. The lowest BCUT2D eigenvalue weighted by Crippen LogP contribution is -2.20. The average molecular weight is 334 g/mol. The molecule has 0 atom stereocenters. The molecule has 2 nitrogen and oxygen atoms in total. The van der Waals surface area contributed by atoms with E-state index < -0.39 is 12.6 Å². The van der Waals surface area contributed by atoms with Crippen LogP contribution in [0.4, 0.5) is 37.7 Å². The number of rotatable bonds is 3. The van der Waals surface area contributed by atoms with Crippen molar-refractivity contribution in [1.82, 2.24) is 0 Å². The Morgan fingerprint density at radius 2 is 1.17 bits per heavy atom. The van der Waals surface area contributed by atoms with Gasteiger partial charge in [0.25, 0.3) is 0 Å². The second-order valence-electron chi connectivity index (χ2n) is 4.85. The van der Waals surface area contributed by atoms with Gasteiger partial charge in [0.05, 0.1) is 0 Å². The van der Waals surface area contributed by atoms with Crippen molar-refractivity contribution in [2.75, 3.05) is 10.6 Å². The van der Waals surface area contributed by atoms with Gasteiger partial charge in [0.1, 0.15) is 0 Å². The summed E-state index contributed by atoms with van der Waals surface area (Å²) in [4.78, 5) is 0. The summed E-state index contributed by atoms with van der Waals surface area (Å²) in [6.45, 7) is 1.62. The van der Waals surface area contributed by atoms with E-state index in [2.05, 4.69) is 0 Å². The summed E-state index contributed by atoms with van der Waals surface area (Å²) in [5.41, 5.74) is 1.59. The van der Waals surface area contributed by atoms with Crippen LogP contribution >= 0.6 is 0 Å². The Morgan fingerprint density at radius 1 is 0.696 bits per heavy atom. The predicted octanol–water partition coefficient (Wildman–Crippen LogP) is 5.53. The van der Waals surface area contributed by atoms with Gasteiger partial charge in [-0.3, -0.25) is 10.6 Å². The highest BCUT2D eigenvalue weighted by molar-refractivity contribution is 5.71. The van der Waals surface area contributed by atoms with Crippen molar-refractivity contribution < 1.29 is 26.3 Å². The van der Waals surface area contributed by atoms with E-state index in [9.17, 15) is 26.3 Å². The molecule has 0 aliphatic heterocycles. The molecule has 0 aromatic heterocycles. The summed E-state index contributed by atoms with van der Waals surface area (Å²) in [6, 6.07) is 9.51. The summed E-state index contributed by atoms with van der Waals surface area (Å²) >= 11 is 0. The van der Waals surface area contributed by atoms with Crippen LogP contribution in [0.3, 0.4) is 0 Å². The minimum atomic E-state index is -4.53. The highest BCUT2D eigenvalue weighted by Gasteiger charge is 2.27. The van der Waals surface area contributed by atoms with Gasteiger partial charge in [-0.2, -0.15) is 26.3 Å². The van der Waals surface area contributed by atoms with E-state index in [4.69, 9.17) is 0 Å². The van der Waals surface area contributed by atoms with Crippen molar-refractivity contribution in [1.29, 1.82) is 0 Å². The van der Waals surface area contributed by atoms with Gasteiger partial charge in [0.2, 0.25) is 0 Å². The Morgan fingerprint density at radius 3 is 1.65 bits per heavy atom. The quantitative estimate of drug-likeness (QED) is 0.570. The maximum atomic E-state index is 12.3. The summed E-state index contributed by atoms with van der Waals surface area (Å²) in [5, 5.41) is 2.77. The summed E-state index contributed by atoms with van der Waals surface area (Å²) < 4.78 is 73.4. The van der Waals surface area contributed by atoms with Crippen molar-refractivity contribution in [2.24, 2.45) is 0 Å². The molecule has 0 aliphatic carbocycles. The first-order chi connectivity index (χ1) is 10.5. The molecule has 0 saturated carbocycles. The third kappa shape index (κ3) is 5.08. The van der Waals surface area contributed by atoms with E-state index >= 15 is 0 Å². The topological polar surface area (TPSA) is 24.1 Å². The van der Waals surface area contributed by atoms with Crippen LogP contribution in [0.25, 0.3) is 11.1 Å². The Labute approximate surface area is 128 Å². The fourth-order valence-electron chi connectivity index (χ4n) is 2.13. The fraction of sp³-hybridized carbons (Fsp3) is 0.200. The zero-order chi connectivity index (χ0) is 17.3. The first-order valence-electron chi connectivity index (χ1n) is 6.44. The zero-order valence-electron chi connectivity index (χ0n) is 11.8. The van der Waals surface area contributed by atoms with Crippen LogP contribution in [0, 0.1) is 6.92 Å². The van der Waals surface area contributed by atoms with E-state index in [1.54, 1.807) is 6.92 Å². The smallest absolute Gasteiger partial charge is 0.298 e. The molecule has 124 valence electrons. The third-order valence-electron chi connectivity index (χ3n) is 2.99. The molecule has 0 unspecified atom stereocenters. The van der Waals surface area contributed by atoms with Crippen LogP contribution in [0.15, 0.2) is 42.5 Å². The maximum absolute atomic E-state index is 12.3. The minimum absolute atomic E-state index is 0.103. The monoisotopic (exact) mass is 334 g/mol. The number of benzene rings is 2. The maximum Gasteiger partial charge on any atom is 0.482 e. The van der Waals surface area contributed by atoms with Crippen molar-refractivity contribution in [3.05, 3.63) is 48.0 Å². The molecule has 0 saturated heterocycles. The predicted molar refractivity (Wildman–Crippen MR) is 76.0 cm³/mol. The van der Waals surface area contributed by atoms with E-state index in [1.807, 2.05) is 0 Å². The van der Waals surface area contributed by atoms with Gasteiger partial charge in [-0.05, 0) is 47.9 Å². The lowest BCUT2D eigenvalue weighted by atomic mass is 10.00. The van der Waals surface area contributed by atoms with Crippen molar-refractivity contribution in [3.63, 3.8) is 0 Å². The Balaban J connectivity index is 2.22. The first kappa shape index (κ1) is 17.0. The third-order valence-corrected chi connectivity index (χ3v) is 2.99. The van der Waals surface area contributed by atoms with Gasteiger partial charge in [-0.25, -0.2) is 0 Å². The SMILES string of the molecule is Cc1cc(NC(F)(F)F)ccc1-c1ccc(NC(F)(F)F)cc1. The lowest BCUT2D eigenvalue weighted by Gasteiger charge is -2.14. The van der Waals surface area contributed by atoms with Crippen LogP contribution in [-0.2, 0) is 0 Å². The second-order valence-corrected chi connectivity index (χ2v) is 4.85. The standard InChI is InChI=1S/C15H12F6N2/c1-9-8-12(23-15(19,20)21)6-7-13(9)10-2-4-11(5-3-10)22-14(16,17)18/h2-8,22-23H,1H3. The van der Waals surface area contributed by atoms with E-state index in [1.165, 1.54) is 53.1 Å². The van der Waals surface area contributed by atoms with Gasteiger partial charge in [-0.15, -0.1) is 0 Å². The number of nitrogens with one attached hydrogen (secondary N) is 2. The van der Waals surface area contributed by atoms with Crippen LogP contribution in [0.1, 0.15) is 5.56 Å². The van der Waals surface area contributed by atoms with Gasteiger partial charge in [-0.1, -0.05) is 18.2 Å². The number of hydrogen-bond acceptors (Lipinski definition) is 2. The highest BCUT2D eigenvalue weighted by atomic mass is 19.4. The van der Waals surface area contributed by atoms with Gasteiger partial charge in [0, 0.05) is 11.4 Å². The minimum Gasteiger partial charge on any atom is -0.298 e. The number of hydrogen-bond donors (Lipinski definition) is 2. The number of anilines is 2. The van der Waals surface area contributed by atoms with Crippen LogP contribution < -0.4 is 10.6 Å². The average Bonchev–Trinajstić information content (AvgIpc) is 2.36. The van der Waals surface area contributed by atoms with E-state index in [0.29, 0.717) is 16.7 Å². The molecule has 2 aromatic rings. The molecule has 2 aromatic carbocycles. The number of halogens is 6. The molecule has 0 amide bonds. The fourth-order valence-corrected chi connectivity index (χ4v) is 2.13. The normalized spacial score (nSPS) is 12.1. The molecular weight excluding hydrogens is 322 g/mol. The van der Waals surface area contributed by atoms with Gasteiger partial charge in [0.15, 0.2) is 0 Å². The first-order valence-corrected chi connectivity index (χ1v) is 6.44. The molecule has 23 heavy (non-hydrogen) atoms. The second kappa shape index (κ2) is 6.02.